The average Bonchev–Trinajstić information content (AvgIpc) is 2.52. The summed E-state index contributed by atoms with van der Waals surface area (Å²) in [7, 11) is 2.89. The lowest BCUT2D eigenvalue weighted by molar-refractivity contribution is -0.385. The Hall–Kier alpha value is -2.83. The Morgan fingerprint density at radius 3 is 2.36 bits per heavy atom. The summed E-state index contributed by atoms with van der Waals surface area (Å²) in [5, 5.41) is 10.8. The van der Waals surface area contributed by atoms with Gasteiger partial charge in [0, 0.05) is 11.6 Å². The van der Waals surface area contributed by atoms with Crippen molar-refractivity contribution in [1.29, 1.82) is 0 Å². The van der Waals surface area contributed by atoms with E-state index in [-0.39, 0.29) is 18.0 Å². The third-order valence-electron chi connectivity index (χ3n) is 2.98. The van der Waals surface area contributed by atoms with Crippen molar-refractivity contribution in [3.05, 3.63) is 57.9 Å². The third kappa shape index (κ3) is 3.43. The van der Waals surface area contributed by atoms with Crippen molar-refractivity contribution >= 4 is 5.69 Å². The van der Waals surface area contributed by atoms with Gasteiger partial charge < -0.3 is 14.2 Å². The van der Waals surface area contributed by atoms with Gasteiger partial charge in [-0.05, 0) is 24.3 Å². The van der Waals surface area contributed by atoms with E-state index < -0.39 is 10.7 Å². The number of hydrogen-bond donors (Lipinski definition) is 0. The van der Waals surface area contributed by atoms with Gasteiger partial charge in [-0.15, -0.1) is 0 Å². The van der Waals surface area contributed by atoms with E-state index in [4.69, 9.17) is 14.2 Å². The number of benzene rings is 2. The highest BCUT2D eigenvalue weighted by Crippen LogP contribution is 2.32. The number of hydrogen-bond acceptors (Lipinski definition) is 5. The van der Waals surface area contributed by atoms with Crippen LogP contribution in [0, 0.1) is 15.9 Å². The minimum absolute atomic E-state index is 0.0154. The van der Waals surface area contributed by atoms with Crippen LogP contribution in [0.5, 0.6) is 17.2 Å². The Morgan fingerprint density at radius 1 is 1.05 bits per heavy atom. The van der Waals surface area contributed by atoms with Crippen LogP contribution < -0.4 is 14.2 Å². The molecule has 6 nitrogen and oxygen atoms in total. The van der Waals surface area contributed by atoms with Gasteiger partial charge in [0.25, 0.3) is 5.69 Å². The molecule has 0 aromatic heterocycles. The monoisotopic (exact) mass is 307 g/mol. The molecule has 0 saturated heterocycles. The maximum Gasteiger partial charge on any atom is 0.273 e. The standard InChI is InChI=1S/C15H14FNO5/c1-20-13-5-3-11(16)7-10(13)9-22-15-8-12(17(18)19)4-6-14(15)21-2/h3-8H,9H2,1-2H3. The summed E-state index contributed by atoms with van der Waals surface area (Å²) >= 11 is 0. The van der Waals surface area contributed by atoms with Gasteiger partial charge in [-0.3, -0.25) is 10.1 Å². The maximum absolute atomic E-state index is 13.3. The first-order valence-electron chi connectivity index (χ1n) is 6.32. The highest BCUT2D eigenvalue weighted by Gasteiger charge is 2.14. The van der Waals surface area contributed by atoms with Crippen molar-refractivity contribution in [3.8, 4) is 17.2 Å². The maximum atomic E-state index is 13.3. The molecule has 0 atom stereocenters. The van der Waals surface area contributed by atoms with Crippen LogP contribution in [0.25, 0.3) is 0 Å². The second kappa shape index (κ2) is 6.75. The van der Waals surface area contributed by atoms with E-state index in [0.717, 1.165) is 0 Å². The SMILES string of the molecule is COc1ccc(F)cc1COc1cc([N+](=O)[O-])ccc1OC. The van der Waals surface area contributed by atoms with Gasteiger partial charge in [0.05, 0.1) is 25.2 Å². The van der Waals surface area contributed by atoms with Crippen LogP contribution in [0.2, 0.25) is 0 Å². The smallest absolute Gasteiger partial charge is 0.273 e. The quantitative estimate of drug-likeness (QED) is 0.604. The number of non-ortho nitro benzene ring substituents is 1. The van der Waals surface area contributed by atoms with Crippen molar-refractivity contribution in [2.75, 3.05) is 14.2 Å². The number of halogens is 1. The van der Waals surface area contributed by atoms with Gasteiger partial charge in [0.1, 0.15) is 18.2 Å². The number of ether oxygens (including phenoxy) is 3. The summed E-state index contributed by atoms with van der Waals surface area (Å²) in [5.41, 5.74) is 0.359. The second-order valence-corrected chi connectivity index (χ2v) is 4.34. The van der Waals surface area contributed by atoms with E-state index in [1.165, 1.54) is 50.6 Å². The van der Waals surface area contributed by atoms with E-state index in [1.54, 1.807) is 0 Å². The molecule has 0 bridgehead atoms. The minimum atomic E-state index is -0.533. The molecule has 0 aliphatic rings. The van der Waals surface area contributed by atoms with E-state index in [0.29, 0.717) is 17.1 Å². The van der Waals surface area contributed by atoms with E-state index in [1.807, 2.05) is 0 Å². The fourth-order valence-corrected chi connectivity index (χ4v) is 1.91. The number of nitrogens with zero attached hydrogens (tertiary/aromatic N) is 1. The molecular weight excluding hydrogens is 293 g/mol. The van der Waals surface area contributed by atoms with Gasteiger partial charge in [-0.2, -0.15) is 0 Å². The van der Waals surface area contributed by atoms with Crippen molar-refractivity contribution in [3.63, 3.8) is 0 Å². The molecule has 2 aromatic carbocycles. The predicted octanol–water partition coefficient (Wildman–Crippen LogP) is 3.33. The molecule has 116 valence electrons. The molecule has 0 radical (unpaired) electrons. The summed E-state index contributed by atoms with van der Waals surface area (Å²) in [6.45, 7) is -0.0154. The van der Waals surface area contributed by atoms with Gasteiger partial charge in [0.2, 0.25) is 0 Å². The van der Waals surface area contributed by atoms with E-state index in [2.05, 4.69) is 0 Å². The van der Waals surface area contributed by atoms with Crippen LogP contribution in [0.4, 0.5) is 10.1 Å². The molecule has 0 aliphatic carbocycles. The lowest BCUT2D eigenvalue weighted by Gasteiger charge is -2.12. The van der Waals surface area contributed by atoms with Gasteiger partial charge in [-0.1, -0.05) is 0 Å². The summed E-state index contributed by atoms with van der Waals surface area (Å²) in [6, 6.07) is 8.05. The Balaban J connectivity index is 2.25. The molecule has 7 heteroatoms. The Bertz CT molecular complexity index is 690. The summed E-state index contributed by atoms with van der Waals surface area (Å²) in [6.07, 6.45) is 0. The zero-order valence-electron chi connectivity index (χ0n) is 12.0. The fraction of sp³-hybridized carbons (Fsp3) is 0.200. The fourth-order valence-electron chi connectivity index (χ4n) is 1.91. The molecule has 0 spiro atoms. The third-order valence-corrected chi connectivity index (χ3v) is 2.98. The topological polar surface area (TPSA) is 70.8 Å². The van der Waals surface area contributed by atoms with Crippen molar-refractivity contribution in [2.45, 2.75) is 6.61 Å². The van der Waals surface area contributed by atoms with Crippen LogP contribution in [0.1, 0.15) is 5.56 Å². The van der Waals surface area contributed by atoms with Gasteiger partial charge in [-0.25, -0.2) is 4.39 Å². The van der Waals surface area contributed by atoms with Crippen LogP contribution in [0.3, 0.4) is 0 Å². The normalized spacial score (nSPS) is 10.1. The number of methoxy groups -OCH3 is 2. The summed E-state index contributed by atoms with van der Waals surface area (Å²) < 4.78 is 29.0. The van der Waals surface area contributed by atoms with Crippen molar-refractivity contribution in [1.82, 2.24) is 0 Å². The first kappa shape index (κ1) is 15.6. The van der Waals surface area contributed by atoms with Crippen LogP contribution in [-0.4, -0.2) is 19.1 Å². The van der Waals surface area contributed by atoms with Crippen molar-refractivity contribution in [2.24, 2.45) is 0 Å². The average molecular weight is 307 g/mol. The molecule has 0 fully saturated rings. The molecule has 2 aromatic rings. The molecule has 2 rings (SSSR count). The second-order valence-electron chi connectivity index (χ2n) is 4.34. The molecular formula is C15H14FNO5. The highest BCUT2D eigenvalue weighted by atomic mass is 19.1. The Kier molecular flexibility index (Phi) is 4.77. The van der Waals surface area contributed by atoms with Gasteiger partial charge in [0.15, 0.2) is 11.5 Å². The largest absolute Gasteiger partial charge is 0.496 e. The lowest BCUT2D eigenvalue weighted by atomic mass is 10.2. The number of nitro groups is 1. The Labute approximate surface area is 126 Å². The summed E-state index contributed by atoms with van der Waals surface area (Å²) in [5.74, 6) is 0.584. The summed E-state index contributed by atoms with van der Waals surface area (Å²) in [4.78, 5) is 10.3. The van der Waals surface area contributed by atoms with E-state index in [9.17, 15) is 14.5 Å². The first-order chi connectivity index (χ1) is 10.5. The van der Waals surface area contributed by atoms with Crippen LogP contribution in [0.15, 0.2) is 36.4 Å². The van der Waals surface area contributed by atoms with E-state index >= 15 is 0 Å². The van der Waals surface area contributed by atoms with Crippen molar-refractivity contribution < 1.29 is 23.5 Å². The molecule has 0 saturated carbocycles. The zero-order chi connectivity index (χ0) is 16.1. The lowest BCUT2D eigenvalue weighted by Crippen LogP contribution is -2.01. The molecule has 22 heavy (non-hydrogen) atoms. The van der Waals surface area contributed by atoms with Crippen LogP contribution >= 0.6 is 0 Å². The first-order valence-corrected chi connectivity index (χ1v) is 6.32. The zero-order valence-corrected chi connectivity index (χ0v) is 12.0. The number of rotatable bonds is 6. The minimum Gasteiger partial charge on any atom is -0.496 e. The molecule has 0 amide bonds. The predicted molar refractivity (Wildman–Crippen MR) is 76.9 cm³/mol. The molecule has 0 heterocycles. The molecule has 0 unspecified atom stereocenters. The number of nitro benzene ring substituents is 1. The molecule has 0 N–H and O–H groups in total. The Morgan fingerprint density at radius 2 is 1.73 bits per heavy atom. The van der Waals surface area contributed by atoms with Gasteiger partial charge >= 0.3 is 0 Å². The molecule has 0 aliphatic heterocycles. The highest BCUT2D eigenvalue weighted by molar-refractivity contribution is 5.48. The van der Waals surface area contributed by atoms with Crippen LogP contribution in [-0.2, 0) is 6.61 Å².